The molecule has 3 heterocycles. The molecule has 0 radical (unpaired) electrons. The Labute approximate surface area is 92.2 Å². The molecule has 0 bridgehead atoms. The molecule has 1 aliphatic rings. The molecule has 0 aliphatic carbocycles. The molecule has 3 rings (SSSR count). The quantitative estimate of drug-likeness (QED) is 0.729. The van der Waals surface area contributed by atoms with E-state index < -0.39 is 0 Å². The molecule has 0 amide bonds. The molecule has 0 atom stereocenters. The van der Waals surface area contributed by atoms with E-state index in [2.05, 4.69) is 44.2 Å². The molecule has 2 aromatic rings. The van der Waals surface area contributed by atoms with Gasteiger partial charge in [0.25, 0.3) is 0 Å². The third-order valence-electron chi connectivity index (χ3n) is 2.69. The Morgan fingerprint density at radius 3 is 3.07 bits per heavy atom. The third-order valence-corrected chi connectivity index (χ3v) is 3.55. The normalized spacial score (nSPS) is 16.6. The van der Waals surface area contributed by atoms with E-state index in [9.17, 15) is 0 Å². The Kier molecular flexibility index (Phi) is 2.07. The number of fused-ring (bicyclic) bond motifs is 1. The zero-order valence-electron chi connectivity index (χ0n) is 8.55. The minimum Gasteiger partial charge on any atom is -0.308 e. The van der Waals surface area contributed by atoms with Crippen LogP contribution in [-0.4, -0.2) is 33.3 Å². The first-order valence-corrected chi connectivity index (χ1v) is 5.87. The largest absolute Gasteiger partial charge is 0.308 e. The van der Waals surface area contributed by atoms with Gasteiger partial charge in [0, 0.05) is 13.1 Å². The van der Waals surface area contributed by atoms with Crippen molar-refractivity contribution in [3.8, 4) is 10.7 Å². The Hall–Kier alpha value is -1.20. The summed E-state index contributed by atoms with van der Waals surface area (Å²) >= 11 is 1.72. The number of aromatic nitrogens is 3. The minimum atomic E-state index is 0.901. The monoisotopic (exact) mass is 220 g/mol. The minimum absolute atomic E-state index is 0.901. The van der Waals surface area contributed by atoms with Crippen LogP contribution in [0, 0.1) is 0 Å². The third kappa shape index (κ3) is 1.48. The summed E-state index contributed by atoms with van der Waals surface area (Å²) in [7, 11) is 2.11. The lowest BCUT2D eigenvalue weighted by atomic mass is 10.3. The van der Waals surface area contributed by atoms with E-state index in [-0.39, 0.29) is 0 Å². The van der Waals surface area contributed by atoms with Crippen molar-refractivity contribution in [2.45, 2.75) is 13.1 Å². The highest BCUT2D eigenvalue weighted by Crippen LogP contribution is 2.25. The van der Waals surface area contributed by atoms with Gasteiger partial charge in [0.2, 0.25) is 0 Å². The van der Waals surface area contributed by atoms with Gasteiger partial charge in [-0.25, -0.2) is 0 Å². The highest BCUT2D eigenvalue weighted by atomic mass is 32.1. The van der Waals surface area contributed by atoms with E-state index in [1.807, 2.05) is 0 Å². The van der Waals surface area contributed by atoms with Crippen LogP contribution in [0.1, 0.15) is 5.82 Å². The fourth-order valence-electron chi connectivity index (χ4n) is 1.87. The van der Waals surface area contributed by atoms with Crippen LogP contribution < -0.4 is 0 Å². The maximum atomic E-state index is 4.27. The average molecular weight is 220 g/mol. The molecule has 2 aromatic heterocycles. The summed E-state index contributed by atoms with van der Waals surface area (Å²) in [4.78, 5) is 3.47. The number of rotatable bonds is 1. The van der Waals surface area contributed by atoms with Crippen LogP contribution in [-0.2, 0) is 13.1 Å². The van der Waals surface area contributed by atoms with Crippen LogP contribution in [0.3, 0.4) is 0 Å². The van der Waals surface area contributed by atoms with E-state index in [1.54, 1.807) is 11.3 Å². The molecule has 4 nitrogen and oxygen atoms in total. The van der Waals surface area contributed by atoms with Crippen LogP contribution in [0.4, 0.5) is 0 Å². The first-order valence-electron chi connectivity index (χ1n) is 4.99. The van der Waals surface area contributed by atoms with Gasteiger partial charge in [0.1, 0.15) is 5.82 Å². The highest BCUT2D eigenvalue weighted by molar-refractivity contribution is 7.13. The van der Waals surface area contributed by atoms with Gasteiger partial charge in [0.05, 0.1) is 11.4 Å². The molecular weight excluding hydrogens is 208 g/mol. The zero-order chi connectivity index (χ0) is 10.3. The molecule has 0 N–H and O–H groups in total. The summed E-state index contributed by atoms with van der Waals surface area (Å²) in [5, 5.41) is 10.6. The highest BCUT2D eigenvalue weighted by Gasteiger charge is 2.19. The summed E-state index contributed by atoms with van der Waals surface area (Å²) in [5.74, 6) is 2.10. The Morgan fingerprint density at radius 2 is 2.27 bits per heavy atom. The summed E-state index contributed by atoms with van der Waals surface area (Å²) in [5.41, 5.74) is 0. The van der Waals surface area contributed by atoms with Gasteiger partial charge in [-0.2, -0.15) is 0 Å². The average Bonchev–Trinajstić information content (AvgIpc) is 2.82. The zero-order valence-corrected chi connectivity index (χ0v) is 9.37. The molecule has 5 heteroatoms. The van der Waals surface area contributed by atoms with Crippen LogP contribution in [0.15, 0.2) is 17.5 Å². The summed E-state index contributed by atoms with van der Waals surface area (Å²) in [6.45, 7) is 2.97. The van der Waals surface area contributed by atoms with Gasteiger partial charge in [-0.05, 0) is 18.5 Å². The van der Waals surface area contributed by atoms with E-state index in [0.29, 0.717) is 0 Å². The van der Waals surface area contributed by atoms with Crippen LogP contribution in [0.5, 0.6) is 0 Å². The maximum absolute atomic E-state index is 4.27. The molecule has 0 fully saturated rings. The lowest BCUT2D eigenvalue weighted by Gasteiger charge is -2.23. The van der Waals surface area contributed by atoms with Crippen LogP contribution in [0.2, 0.25) is 0 Å². The van der Waals surface area contributed by atoms with Crippen molar-refractivity contribution in [1.29, 1.82) is 0 Å². The Balaban J connectivity index is 2.05. The van der Waals surface area contributed by atoms with E-state index >= 15 is 0 Å². The van der Waals surface area contributed by atoms with E-state index in [0.717, 1.165) is 31.3 Å². The number of nitrogens with zero attached hydrogens (tertiary/aromatic N) is 4. The van der Waals surface area contributed by atoms with Crippen molar-refractivity contribution in [2.75, 3.05) is 13.6 Å². The predicted molar refractivity (Wildman–Crippen MR) is 59.7 cm³/mol. The van der Waals surface area contributed by atoms with Crippen LogP contribution >= 0.6 is 11.3 Å². The molecule has 0 saturated carbocycles. The fourth-order valence-corrected chi connectivity index (χ4v) is 2.58. The second-order valence-electron chi connectivity index (χ2n) is 3.81. The van der Waals surface area contributed by atoms with Gasteiger partial charge in [0.15, 0.2) is 5.82 Å². The molecule has 0 saturated heterocycles. The lowest BCUT2D eigenvalue weighted by molar-refractivity contribution is 0.265. The van der Waals surface area contributed by atoms with Crippen molar-refractivity contribution >= 4 is 11.3 Å². The second kappa shape index (κ2) is 3.43. The number of hydrogen-bond acceptors (Lipinski definition) is 4. The summed E-state index contributed by atoms with van der Waals surface area (Å²) in [6, 6.07) is 4.15. The van der Waals surface area contributed by atoms with Crippen molar-refractivity contribution in [3.63, 3.8) is 0 Å². The van der Waals surface area contributed by atoms with Crippen molar-refractivity contribution in [3.05, 3.63) is 23.3 Å². The molecule has 0 unspecified atom stereocenters. The predicted octanol–water partition coefficient (Wildman–Crippen LogP) is 1.45. The molecule has 1 aliphatic heterocycles. The number of thiophene rings is 1. The number of likely N-dealkylation sites (N-methyl/N-ethyl adjacent to an activating group) is 1. The standard InChI is InChI=1S/C10H12N4S/c1-13-4-5-14-9(7-13)11-12-10(14)8-3-2-6-15-8/h2-3,6H,4-5,7H2,1H3. The fraction of sp³-hybridized carbons (Fsp3) is 0.400. The molecule has 0 spiro atoms. The maximum Gasteiger partial charge on any atom is 0.174 e. The molecule has 0 aromatic carbocycles. The molecule has 78 valence electrons. The molecule has 15 heavy (non-hydrogen) atoms. The first kappa shape index (κ1) is 9.06. The summed E-state index contributed by atoms with van der Waals surface area (Å²) < 4.78 is 2.23. The van der Waals surface area contributed by atoms with Gasteiger partial charge >= 0.3 is 0 Å². The Bertz CT molecular complexity index is 460. The lowest BCUT2D eigenvalue weighted by Crippen LogP contribution is -2.30. The number of hydrogen-bond donors (Lipinski definition) is 0. The Morgan fingerprint density at radius 1 is 1.33 bits per heavy atom. The van der Waals surface area contributed by atoms with Crippen LogP contribution in [0.25, 0.3) is 10.7 Å². The molecular formula is C10H12N4S. The van der Waals surface area contributed by atoms with Gasteiger partial charge in [-0.1, -0.05) is 6.07 Å². The van der Waals surface area contributed by atoms with Crippen molar-refractivity contribution in [2.24, 2.45) is 0 Å². The van der Waals surface area contributed by atoms with Crippen molar-refractivity contribution < 1.29 is 0 Å². The van der Waals surface area contributed by atoms with E-state index in [1.165, 1.54) is 4.88 Å². The van der Waals surface area contributed by atoms with Crippen molar-refractivity contribution in [1.82, 2.24) is 19.7 Å². The smallest absolute Gasteiger partial charge is 0.174 e. The SMILES string of the molecule is CN1CCn2c(nnc2-c2cccs2)C1. The van der Waals surface area contributed by atoms with Gasteiger partial charge in [-0.15, -0.1) is 21.5 Å². The topological polar surface area (TPSA) is 34.0 Å². The second-order valence-corrected chi connectivity index (χ2v) is 4.75. The van der Waals surface area contributed by atoms with Gasteiger partial charge < -0.3 is 4.57 Å². The van der Waals surface area contributed by atoms with Gasteiger partial charge in [-0.3, -0.25) is 4.90 Å². The first-order chi connectivity index (χ1) is 7.34. The van der Waals surface area contributed by atoms with E-state index in [4.69, 9.17) is 0 Å². The summed E-state index contributed by atoms with van der Waals surface area (Å²) in [6.07, 6.45) is 0.